The Labute approximate surface area is 117 Å². The Morgan fingerprint density at radius 2 is 2.16 bits per heavy atom. The average molecular weight is 261 g/mol. The van der Waals surface area contributed by atoms with E-state index in [1.165, 1.54) is 18.4 Å². The van der Waals surface area contributed by atoms with Crippen LogP contribution < -0.4 is 10.2 Å². The van der Waals surface area contributed by atoms with E-state index in [1.54, 1.807) is 0 Å². The third-order valence-corrected chi connectivity index (χ3v) is 3.83. The quantitative estimate of drug-likeness (QED) is 0.825. The minimum absolute atomic E-state index is 0.612. The highest BCUT2D eigenvalue weighted by Crippen LogP contribution is 2.28. The lowest BCUT2D eigenvalue weighted by Crippen LogP contribution is -2.28. The number of hydrogen-bond acceptors (Lipinski definition) is 3. The largest absolute Gasteiger partial charge is 0.354 e. The smallest absolute Gasteiger partial charge is 0.129 e. The summed E-state index contributed by atoms with van der Waals surface area (Å²) in [5, 5.41) is 3.47. The molecule has 3 heteroatoms. The first-order valence-corrected chi connectivity index (χ1v) is 7.55. The normalized spacial score (nSPS) is 23.1. The number of anilines is 1. The molecule has 106 valence electrons. The van der Waals surface area contributed by atoms with Gasteiger partial charge in [0.25, 0.3) is 0 Å². The molecule has 2 heterocycles. The lowest BCUT2D eigenvalue weighted by molar-refractivity contribution is 0.625. The minimum atomic E-state index is 0.612. The van der Waals surface area contributed by atoms with Gasteiger partial charge in [0.1, 0.15) is 5.82 Å². The summed E-state index contributed by atoms with van der Waals surface area (Å²) >= 11 is 0. The van der Waals surface area contributed by atoms with Crippen LogP contribution in [-0.2, 0) is 6.54 Å². The summed E-state index contributed by atoms with van der Waals surface area (Å²) in [6.45, 7) is 12.1. The summed E-state index contributed by atoms with van der Waals surface area (Å²) in [5.74, 6) is 1.93. The molecule has 0 amide bonds. The van der Waals surface area contributed by atoms with E-state index in [2.05, 4.69) is 50.0 Å². The van der Waals surface area contributed by atoms with Crippen molar-refractivity contribution < 1.29 is 0 Å². The van der Waals surface area contributed by atoms with E-state index in [0.29, 0.717) is 6.04 Å². The van der Waals surface area contributed by atoms with Crippen molar-refractivity contribution in [2.75, 3.05) is 18.0 Å². The standard InChI is InChI=1S/C16H27N3/c1-5-6-17-10-15-8-13(3)18-16(9-15)19-11-12(2)7-14(19)4/h8-9,12,14,17H,5-7,10-11H2,1-4H3. The number of rotatable bonds is 5. The zero-order valence-electron chi connectivity index (χ0n) is 12.7. The van der Waals surface area contributed by atoms with Gasteiger partial charge >= 0.3 is 0 Å². The van der Waals surface area contributed by atoms with E-state index in [4.69, 9.17) is 4.98 Å². The number of hydrogen-bond donors (Lipinski definition) is 1. The Kier molecular flexibility index (Phi) is 4.81. The molecule has 1 aliphatic heterocycles. The predicted octanol–water partition coefficient (Wildman–Crippen LogP) is 3.12. The van der Waals surface area contributed by atoms with Crippen LogP contribution in [0, 0.1) is 12.8 Å². The summed E-state index contributed by atoms with van der Waals surface area (Å²) in [7, 11) is 0. The van der Waals surface area contributed by atoms with Crippen LogP contribution in [0.3, 0.4) is 0 Å². The molecular formula is C16H27N3. The van der Waals surface area contributed by atoms with Gasteiger partial charge in [-0.25, -0.2) is 4.98 Å². The summed E-state index contributed by atoms with van der Waals surface area (Å²) in [6, 6.07) is 5.06. The van der Waals surface area contributed by atoms with E-state index in [-0.39, 0.29) is 0 Å². The summed E-state index contributed by atoms with van der Waals surface area (Å²) in [5.41, 5.74) is 2.47. The second-order valence-electron chi connectivity index (χ2n) is 5.99. The van der Waals surface area contributed by atoms with Crippen molar-refractivity contribution >= 4 is 5.82 Å². The van der Waals surface area contributed by atoms with Crippen LogP contribution >= 0.6 is 0 Å². The molecule has 1 N–H and O–H groups in total. The van der Waals surface area contributed by atoms with Crippen molar-refractivity contribution in [3.05, 3.63) is 23.4 Å². The highest BCUT2D eigenvalue weighted by atomic mass is 15.2. The zero-order chi connectivity index (χ0) is 13.8. The number of aromatic nitrogens is 1. The molecular weight excluding hydrogens is 234 g/mol. The van der Waals surface area contributed by atoms with Gasteiger partial charge in [-0.05, 0) is 56.8 Å². The minimum Gasteiger partial charge on any atom is -0.354 e. The first-order valence-electron chi connectivity index (χ1n) is 7.55. The van der Waals surface area contributed by atoms with Gasteiger partial charge in [0.15, 0.2) is 0 Å². The van der Waals surface area contributed by atoms with Crippen LogP contribution in [0.25, 0.3) is 0 Å². The van der Waals surface area contributed by atoms with Gasteiger partial charge < -0.3 is 10.2 Å². The van der Waals surface area contributed by atoms with Crippen molar-refractivity contribution in [1.82, 2.24) is 10.3 Å². The fourth-order valence-electron chi connectivity index (χ4n) is 3.00. The first kappa shape index (κ1) is 14.3. The molecule has 2 unspecified atom stereocenters. The van der Waals surface area contributed by atoms with E-state index < -0.39 is 0 Å². The maximum Gasteiger partial charge on any atom is 0.129 e. The Morgan fingerprint density at radius 1 is 1.37 bits per heavy atom. The van der Waals surface area contributed by atoms with Crippen molar-refractivity contribution in [2.24, 2.45) is 5.92 Å². The Hall–Kier alpha value is -1.09. The van der Waals surface area contributed by atoms with Gasteiger partial charge in [-0.15, -0.1) is 0 Å². The maximum absolute atomic E-state index is 4.73. The molecule has 0 spiro atoms. The molecule has 0 aromatic carbocycles. The topological polar surface area (TPSA) is 28.2 Å². The van der Waals surface area contributed by atoms with Gasteiger partial charge in [0, 0.05) is 24.8 Å². The molecule has 0 radical (unpaired) electrons. The molecule has 2 atom stereocenters. The van der Waals surface area contributed by atoms with Gasteiger partial charge in [0.05, 0.1) is 0 Å². The fraction of sp³-hybridized carbons (Fsp3) is 0.688. The lowest BCUT2D eigenvalue weighted by Gasteiger charge is -2.23. The zero-order valence-corrected chi connectivity index (χ0v) is 12.7. The monoisotopic (exact) mass is 261 g/mol. The van der Waals surface area contributed by atoms with Crippen LogP contribution in [0.5, 0.6) is 0 Å². The summed E-state index contributed by atoms with van der Waals surface area (Å²) in [4.78, 5) is 7.19. The van der Waals surface area contributed by atoms with Crippen LogP contribution in [0.2, 0.25) is 0 Å². The van der Waals surface area contributed by atoms with Crippen molar-refractivity contribution in [3.63, 3.8) is 0 Å². The van der Waals surface area contributed by atoms with Gasteiger partial charge in [-0.3, -0.25) is 0 Å². The maximum atomic E-state index is 4.73. The van der Waals surface area contributed by atoms with Crippen LogP contribution in [0.4, 0.5) is 5.82 Å². The third kappa shape index (κ3) is 3.69. The molecule has 1 aromatic rings. The number of nitrogens with one attached hydrogen (secondary N) is 1. The summed E-state index contributed by atoms with van der Waals surface area (Å²) in [6.07, 6.45) is 2.45. The SMILES string of the molecule is CCCNCc1cc(C)nc(N2CC(C)CC2C)c1. The van der Waals surface area contributed by atoms with Crippen molar-refractivity contribution in [1.29, 1.82) is 0 Å². The lowest BCUT2D eigenvalue weighted by atomic mass is 10.1. The number of nitrogens with zero attached hydrogens (tertiary/aromatic N) is 2. The second kappa shape index (κ2) is 6.38. The number of pyridine rings is 1. The Morgan fingerprint density at radius 3 is 2.79 bits per heavy atom. The van der Waals surface area contributed by atoms with Crippen molar-refractivity contribution in [3.8, 4) is 0 Å². The first-order chi connectivity index (χ1) is 9.10. The molecule has 1 saturated heterocycles. The molecule has 1 aromatic heterocycles. The molecule has 19 heavy (non-hydrogen) atoms. The molecule has 0 bridgehead atoms. The molecule has 2 rings (SSSR count). The van der Waals surface area contributed by atoms with E-state index in [1.807, 2.05) is 0 Å². The van der Waals surface area contributed by atoms with E-state index >= 15 is 0 Å². The molecule has 1 aliphatic rings. The Bertz CT molecular complexity index is 416. The van der Waals surface area contributed by atoms with E-state index in [0.717, 1.165) is 37.1 Å². The second-order valence-corrected chi connectivity index (χ2v) is 5.99. The fourth-order valence-corrected chi connectivity index (χ4v) is 3.00. The average Bonchev–Trinajstić information content (AvgIpc) is 2.68. The summed E-state index contributed by atoms with van der Waals surface area (Å²) < 4.78 is 0. The van der Waals surface area contributed by atoms with Gasteiger partial charge in [-0.1, -0.05) is 13.8 Å². The van der Waals surface area contributed by atoms with Crippen LogP contribution in [0.1, 0.15) is 44.9 Å². The van der Waals surface area contributed by atoms with Crippen molar-refractivity contribution in [2.45, 2.75) is 53.1 Å². The molecule has 1 fully saturated rings. The molecule has 0 saturated carbocycles. The van der Waals surface area contributed by atoms with Gasteiger partial charge in [0.2, 0.25) is 0 Å². The molecule has 3 nitrogen and oxygen atoms in total. The number of aryl methyl sites for hydroxylation is 1. The van der Waals surface area contributed by atoms with E-state index in [9.17, 15) is 0 Å². The third-order valence-electron chi connectivity index (χ3n) is 3.83. The van der Waals surface area contributed by atoms with Crippen LogP contribution in [-0.4, -0.2) is 24.1 Å². The predicted molar refractivity (Wildman–Crippen MR) is 81.6 cm³/mol. The van der Waals surface area contributed by atoms with Gasteiger partial charge in [-0.2, -0.15) is 0 Å². The highest BCUT2D eigenvalue weighted by molar-refractivity contribution is 5.44. The highest BCUT2D eigenvalue weighted by Gasteiger charge is 2.27. The molecule has 0 aliphatic carbocycles. The Balaban J connectivity index is 2.12. The van der Waals surface area contributed by atoms with Crippen LogP contribution in [0.15, 0.2) is 12.1 Å².